The van der Waals surface area contributed by atoms with Crippen LogP contribution in [0.15, 0.2) is 41.6 Å². The van der Waals surface area contributed by atoms with Gasteiger partial charge < -0.3 is 4.84 Å². The number of rotatable bonds is 3. The second kappa shape index (κ2) is 7.68. The van der Waals surface area contributed by atoms with E-state index in [4.69, 9.17) is 17.4 Å². The van der Waals surface area contributed by atoms with Gasteiger partial charge in [-0.15, -0.1) is 0 Å². The van der Waals surface area contributed by atoms with Gasteiger partial charge in [0.2, 0.25) is 0 Å². The number of carbonyl (C=O) groups excluding carboxylic acids is 1. The molecular weight excluding hydrogens is 459 g/mol. The Morgan fingerprint density at radius 3 is 2.39 bits per heavy atom. The van der Waals surface area contributed by atoms with Crippen molar-refractivity contribution in [2.24, 2.45) is 11.0 Å². The van der Waals surface area contributed by atoms with Crippen molar-refractivity contribution in [2.45, 2.75) is 24.4 Å². The van der Waals surface area contributed by atoms with Crippen LogP contribution in [0.3, 0.4) is 0 Å². The third-order valence-electron chi connectivity index (χ3n) is 4.59. The molecule has 3 rings (SSSR count). The summed E-state index contributed by atoms with van der Waals surface area (Å²) < 4.78 is 96.1. The van der Waals surface area contributed by atoms with Gasteiger partial charge in [0.25, 0.3) is 11.5 Å². The van der Waals surface area contributed by atoms with E-state index in [0.717, 1.165) is 0 Å². The van der Waals surface area contributed by atoms with E-state index < -0.39 is 58.0 Å². The lowest BCUT2D eigenvalue weighted by Gasteiger charge is -2.30. The standard InChI is InChI=1S/C18H11ClF7N3O2/c19-12-6-8(17(21,22)23)5-11(14(12)20)16(18(24,25)26)7-13(29-31-16)9-3-1-2-4-10(9)15(30)28-27/h1-6H,7,27H2,(H,28,30). The van der Waals surface area contributed by atoms with Gasteiger partial charge in [-0.2, -0.15) is 26.3 Å². The van der Waals surface area contributed by atoms with Crippen molar-refractivity contribution >= 4 is 23.2 Å². The number of hydrogen-bond donors (Lipinski definition) is 2. The highest BCUT2D eigenvalue weighted by Gasteiger charge is 2.64. The van der Waals surface area contributed by atoms with Crippen LogP contribution in [0.4, 0.5) is 30.7 Å². The molecule has 2 aromatic rings. The maximum absolute atomic E-state index is 14.6. The Morgan fingerprint density at radius 1 is 1.16 bits per heavy atom. The topological polar surface area (TPSA) is 76.7 Å². The molecule has 1 heterocycles. The Morgan fingerprint density at radius 2 is 1.81 bits per heavy atom. The minimum Gasteiger partial charge on any atom is -0.374 e. The molecule has 31 heavy (non-hydrogen) atoms. The zero-order valence-corrected chi connectivity index (χ0v) is 15.8. The Hall–Kier alpha value is -2.86. The van der Waals surface area contributed by atoms with Crippen LogP contribution in [0, 0.1) is 5.82 Å². The molecule has 0 radical (unpaired) electrons. The van der Waals surface area contributed by atoms with Crippen LogP contribution in [-0.4, -0.2) is 17.8 Å². The molecule has 1 aliphatic rings. The second-order valence-corrected chi connectivity index (χ2v) is 6.87. The number of hydrogen-bond acceptors (Lipinski definition) is 4. The summed E-state index contributed by atoms with van der Waals surface area (Å²) in [6.07, 6.45) is -11.7. The molecule has 0 fully saturated rings. The third kappa shape index (κ3) is 3.92. The van der Waals surface area contributed by atoms with E-state index in [0.29, 0.717) is 0 Å². The Kier molecular flexibility index (Phi) is 5.65. The van der Waals surface area contributed by atoms with E-state index in [1.165, 1.54) is 24.3 Å². The molecule has 1 amide bonds. The number of nitrogens with two attached hydrogens (primary N) is 1. The van der Waals surface area contributed by atoms with Crippen molar-refractivity contribution in [3.63, 3.8) is 0 Å². The average Bonchev–Trinajstić information content (AvgIpc) is 3.15. The lowest BCUT2D eigenvalue weighted by molar-refractivity contribution is -0.276. The van der Waals surface area contributed by atoms with Gasteiger partial charge in [0, 0.05) is 16.7 Å². The molecule has 1 unspecified atom stereocenters. The molecule has 0 saturated heterocycles. The van der Waals surface area contributed by atoms with Gasteiger partial charge in [0.15, 0.2) is 0 Å². The molecule has 1 aliphatic heterocycles. The molecule has 1 atom stereocenters. The normalized spacial score (nSPS) is 19.1. The van der Waals surface area contributed by atoms with Crippen LogP contribution >= 0.6 is 11.6 Å². The van der Waals surface area contributed by atoms with Crippen molar-refractivity contribution in [2.75, 3.05) is 0 Å². The SMILES string of the molecule is NNC(=O)c1ccccc1C1=NOC(c2cc(C(F)(F)F)cc(Cl)c2F)(C(F)(F)F)C1. The van der Waals surface area contributed by atoms with Gasteiger partial charge in [-0.3, -0.25) is 10.2 Å². The highest BCUT2D eigenvalue weighted by Crippen LogP contribution is 2.51. The summed E-state index contributed by atoms with van der Waals surface area (Å²) in [5.41, 5.74) is -5.64. The van der Waals surface area contributed by atoms with E-state index in [9.17, 15) is 35.5 Å². The molecule has 3 N–H and O–H groups in total. The van der Waals surface area contributed by atoms with Crippen molar-refractivity contribution in [1.82, 2.24) is 5.43 Å². The Bertz CT molecular complexity index is 1070. The van der Waals surface area contributed by atoms with Crippen molar-refractivity contribution < 1.29 is 40.4 Å². The lowest BCUT2D eigenvalue weighted by Crippen LogP contribution is -2.43. The van der Waals surface area contributed by atoms with Gasteiger partial charge in [0.05, 0.1) is 22.7 Å². The second-order valence-electron chi connectivity index (χ2n) is 6.47. The zero-order chi connectivity index (χ0) is 23.2. The van der Waals surface area contributed by atoms with Crippen LogP contribution in [0.25, 0.3) is 0 Å². The summed E-state index contributed by atoms with van der Waals surface area (Å²) in [6.45, 7) is 0. The molecule has 0 bridgehead atoms. The first-order chi connectivity index (χ1) is 14.3. The molecule has 0 aliphatic carbocycles. The molecule has 0 saturated carbocycles. The summed E-state index contributed by atoms with van der Waals surface area (Å²) >= 11 is 5.45. The summed E-state index contributed by atoms with van der Waals surface area (Å²) in [4.78, 5) is 16.5. The maximum Gasteiger partial charge on any atom is 0.435 e. The van der Waals surface area contributed by atoms with Crippen molar-refractivity contribution in [3.05, 3.63) is 69.5 Å². The fraction of sp³-hybridized carbons (Fsp3) is 0.222. The number of benzene rings is 2. The number of hydrazine groups is 1. The Labute approximate surface area is 174 Å². The van der Waals surface area contributed by atoms with E-state index in [1.54, 1.807) is 0 Å². The van der Waals surface area contributed by atoms with Crippen molar-refractivity contribution in [1.29, 1.82) is 0 Å². The number of nitrogens with zero attached hydrogens (tertiary/aromatic N) is 1. The number of amides is 1. The molecule has 2 aromatic carbocycles. The minimum absolute atomic E-state index is 0.0222. The molecule has 5 nitrogen and oxygen atoms in total. The fourth-order valence-corrected chi connectivity index (χ4v) is 3.30. The van der Waals surface area contributed by atoms with Gasteiger partial charge in [-0.1, -0.05) is 35.0 Å². The van der Waals surface area contributed by atoms with Gasteiger partial charge in [-0.05, 0) is 18.2 Å². The van der Waals surface area contributed by atoms with E-state index in [2.05, 4.69) is 9.99 Å². The first-order valence-corrected chi connectivity index (χ1v) is 8.68. The van der Waals surface area contributed by atoms with E-state index in [-0.39, 0.29) is 23.3 Å². The summed E-state index contributed by atoms with van der Waals surface area (Å²) in [6, 6.07) is 5.38. The zero-order valence-electron chi connectivity index (χ0n) is 15.0. The first-order valence-electron chi connectivity index (χ1n) is 8.30. The molecule has 0 aromatic heterocycles. The predicted octanol–water partition coefficient (Wildman–Crippen LogP) is 4.68. The van der Waals surface area contributed by atoms with E-state index in [1.807, 2.05) is 5.43 Å². The summed E-state index contributed by atoms with van der Waals surface area (Å²) in [5, 5.41) is 2.15. The van der Waals surface area contributed by atoms with Crippen LogP contribution in [-0.2, 0) is 16.6 Å². The minimum atomic E-state index is -5.41. The number of nitrogen functional groups attached to an aromatic ring is 1. The largest absolute Gasteiger partial charge is 0.435 e. The van der Waals surface area contributed by atoms with E-state index >= 15 is 0 Å². The third-order valence-corrected chi connectivity index (χ3v) is 4.87. The number of oxime groups is 1. The van der Waals surface area contributed by atoms with Crippen LogP contribution in [0.1, 0.15) is 33.5 Å². The number of halogens is 8. The highest BCUT2D eigenvalue weighted by molar-refractivity contribution is 6.30. The van der Waals surface area contributed by atoms with Crippen LogP contribution < -0.4 is 11.3 Å². The molecule has 13 heteroatoms. The van der Waals surface area contributed by atoms with Gasteiger partial charge in [-0.25, -0.2) is 10.2 Å². The summed E-state index contributed by atoms with van der Waals surface area (Å²) in [5.74, 6) is 2.45. The van der Waals surface area contributed by atoms with Crippen molar-refractivity contribution in [3.8, 4) is 0 Å². The monoisotopic (exact) mass is 469 g/mol. The number of carbonyl (C=O) groups is 1. The highest BCUT2D eigenvalue weighted by atomic mass is 35.5. The van der Waals surface area contributed by atoms with Crippen LogP contribution in [0.5, 0.6) is 0 Å². The smallest absolute Gasteiger partial charge is 0.374 e. The van der Waals surface area contributed by atoms with Gasteiger partial charge >= 0.3 is 12.4 Å². The Balaban J connectivity index is 2.17. The first kappa shape index (κ1) is 22.8. The molecule has 166 valence electrons. The fourth-order valence-electron chi connectivity index (χ4n) is 3.08. The molecular formula is C18H11ClF7N3O2. The maximum atomic E-state index is 14.6. The average molecular weight is 470 g/mol. The predicted molar refractivity (Wildman–Crippen MR) is 94.5 cm³/mol. The van der Waals surface area contributed by atoms with Gasteiger partial charge in [0.1, 0.15) is 5.82 Å². The molecule has 0 spiro atoms. The van der Waals surface area contributed by atoms with Crippen LogP contribution in [0.2, 0.25) is 5.02 Å². The quantitative estimate of drug-likeness (QED) is 0.296. The summed E-state index contributed by atoms with van der Waals surface area (Å²) in [7, 11) is 0. The number of nitrogens with one attached hydrogen (secondary N) is 1. The number of alkyl halides is 6. The lowest BCUT2D eigenvalue weighted by atomic mass is 9.84.